The number of hydrogen-bond acceptors (Lipinski definition) is 2. The Bertz CT molecular complexity index is 460. The zero-order valence-corrected chi connectivity index (χ0v) is 11.7. The van der Waals surface area contributed by atoms with Crippen LogP contribution in [0.15, 0.2) is 24.3 Å². The van der Waals surface area contributed by atoms with Gasteiger partial charge in [0.15, 0.2) is 0 Å². The smallest absolute Gasteiger partial charge is 0.251 e. The van der Waals surface area contributed by atoms with Crippen LogP contribution in [0.3, 0.4) is 0 Å². The highest BCUT2D eigenvalue weighted by molar-refractivity contribution is 6.30. The quantitative estimate of drug-likeness (QED) is 0.908. The van der Waals surface area contributed by atoms with E-state index in [2.05, 4.69) is 10.2 Å². The molecule has 1 aromatic rings. The molecule has 2 fully saturated rings. The summed E-state index contributed by atoms with van der Waals surface area (Å²) >= 11 is 5.84. The van der Waals surface area contributed by atoms with Gasteiger partial charge in [-0.3, -0.25) is 4.79 Å². The van der Waals surface area contributed by atoms with Gasteiger partial charge in [0.1, 0.15) is 0 Å². The van der Waals surface area contributed by atoms with Gasteiger partial charge in [-0.1, -0.05) is 19.0 Å². The summed E-state index contributed by atoms with van der Waals surface area (Å²) in [6, 6.07) is 7.43. The lowest BCUT2D eigenvalue weighted by Crippen LogP contribution is -2.53. The van der Waals surface area contributed by atoms with Crippen molar-refractivity contribution in [3.05, 3.63) is 34.9 Å². The first-order valence-corrected chi connectivity index (χ1v) is 7.39. The summed E-state index contributed by atoms with van der Waals surface area (Å²) in [5.74, 6) is 0.652. The number of nitrogens with one attached hydrogen (secondary N) is 1. The van der Waals surface area contributed by atoms with Crippen LogP contribution in [0.1, 0.15) is 37.0 Å². The summed E-state index contributed by atoms with van der Waals surface area (Å²) in [7, 11) is 0. The molecule has 1 amide bonds. The van der Waals surface area contributed by atoms with Crippen LogP contribution in [0.5, 0.6) is 0 Å². The summed E-state index contributed by atoms with van der Waals surface area (Å²) in [5, 5.41) is 3.87. The predicted molar refractivity (Wildman–Crippen MR) is 83.2 cm³/mol. The van der Waals surface area contributed by atoms with E-state index in [1.54, 1.807) is 24.3 Å². The maximum atomic E-state index is 12.2. The van der Waals surface area contributed by atoms with Gasteiger partial charge >= 0.3 is 0 Å². The fourth-order valence-corrected chi connectivity index (χ4v) is 3.35. The average molecular weight is 295 g/mol. The van der Waals surface area contributed by atoms with Crippen molar-refractivity contribution < 1.29 is 4.79 Å². The lowest BCUT2D eigenvalue weighted by molar-refractivity contribution is 0.0739. The Morgan fingerprint density at radius 2 is 1.95 bits per heavy atom. The van der Waals surface area contributed by atoms with Crippen molar-refractivity contribution in [3.63, 3.8) is 0 Å². The normalized spacial score (nSPS) is 28.4. The Labute approximate surface area is 126 Å². The van der Waals surface area contributed by atoms with Crippen LogP contribution in [-0.4, -0.2) is 36.5 Å². The largest absolute Gasteiger partial charge is 0.349 e. The van der Waals surface area contributed by atoms with E-state index in [0.717, 1.165) is 19.5 Å². The molecule has 0 aromatic heterocycles. The molecule has 2 saturated heterocycles. The van der Waals surface area contributed by atoms with Crippen molar-refractivity contribution >= 4 is 17.5 Å². The van der Waals surface area contributed by atoms with Crippen LogP contribution >= 0.6 is 11.6 Å². The van der Waals surface area contributed by atoms with E-state index in [4.69, 9.17) is 11.6 Å². The molecule has 20 heavy (non-hydrogen) atoms. The Hall–Kier alpha value is -1.06. The molecule has 0 radical (unpaired) electrons. The minimum atomic E-state index is 0. The van der Waals surface area contributed by atoms with E-state index < -0.39 is 0 Å². The third-order valence-corrected chi connectivity index (χ3v) is 4.54. The van der Waals surface area contributed by atoms with Crippen LogP contribution in [0, 0.1) is 5.92 Å². The van der Waals surface area contributed by atoms with Gasteiger partial charge in [-0.25, -0.2) is 0 Å². The standard InChI is InChI=1S/C15H19ClN2O.CH4/c16-13-5-3-11(4-6-13)15(19)17-14-7-9-18-8-1-2-12(14)10-18;/h3-6,12,14H,1-2,7-10H2,(H,17,19);1H4/t12?,14-;/m0./s1. The highest BCUT2D eigenvalue weighted by Crippen LogP contribution is 2.26. The van der Waals surface area contributed by atoms with E-state index in [9.17, 15) is 4.79 Å². The Morgan fingerprint density at radius 1 is 1.20 bits per heavy atom. The van der Waals surface area contributed by atoms with Crippen molar-refractivity contribution in [2.45, 2.75) is 32.7 Å². The highest BCUT2D eigenvalue weighted by atomic mass is 35.5. The average Bonchev–Trinajstić information content (AvgIpc) is 2.43. The predicted octanol–water partition coefficient (Wildman–Crippen LogP) is 3.19. The van der Waals surface area contributed by atoms with Gasteiger partial charge < -0.3 is 10.2 Å². The molecular formula is C16H23ClN2O. The summed E-state index contributed by atoms with van der Waals surface area (Å²) in [6.07, 6.45) is 3.57. The van der Waals surface area contributed by atoms with Gasteiger partial charge in [0.25, 0.3) is 5.91 Å². The zero-order chi connectivity index (χ0) is 13.2. The van der Waals surface area contributed by atoms with Gasteiger partial charge in [-0.05, 0) is 56.0 Å². The van der Waals surface area contributed by atoms with Crippen molar-refractivity contribution in [2.75, 3.05) is 19.6 Å². The number of benzene rings is 1. The molecule has 3 nitrogen and oxygen atoms in total. The summed E-state index contributed by atoms with van der Waals surface area (Å²) < 4.78 is 0. The molecule has 3 rings (SSSR count). The molecule has 2 bridgehead atoms. The number of piperidine rings is 2. The molecule has 0 aliphatic carbocycles. The summed E-state index contributed by atoms with van der Waals surface area (Å²) in [4.78, 5) is 14.7. The monoisotopic (exact) mass is 294 g/mol. The molecule has 4 heteroatoms. The van der Waals surface area contributed by atoms with Gasteiger partial charge in [0.05, 0.1) is 0 Å². The van der Waals surface area contributed by atoms with Crippen molar-refractivity contribution in [3.8, 4) is 0 Å². The second kappa shape index (κ2) is 6.59. The lowest BCUT2D eigenvalue weighted by Gasteiger charge is -2.42. The number of amides is 1. The van der Waals surface area contributed by atoms with Crippen molar-refractivity contribution in [2.24, 2.45) is 5.92 Å². The molecule has 110 valence electrons. The first kappa shape index (κ1) is 15.3. The van der Waals surface area contributed by atoms with E-state index in [0.29, 0.717) is 22.5 Å². The minimum absolute atomic E-state index is 0. The molecule has 2 unspecified atom stereocenters. The summed E-state index contributed by atoms with van der Waals surface area (Å²) in [6.45, 7) is 3.49. The van der Waals surface area contributed by atoms with Crippen molar-refractivity contribution in [1.82, 2.24) is 10.2 Å². The van der Waals surface area contributed by atoms with Crippen LogP contribution in [0.25, 0.3) is 0 Å². The zero-order valence-electron chi connectivity index (χ0n) is 10.9. The molecule has 3 atom stereocenters. The second-order valence-corrected chi connectivity index (χ2v) is 6.01. The topological polar surface area (TPSA) is 32.3 Å². The fraction of sp³-hybridized carbons (Fsp3) is 0.562. The van der Waals surface area contributed by atoms with Crippen LogP contribution in [0.2, 0.25) is 5.02 Å². The molecule has 0 saturated carbocycles. The van der Waals surface area contributed by atoms with E-state index >= 15 is 0 Å². The number of fused-ring (bicyclic) bond motifs is 2. The third-order valence-electron chi connectivity index (χ3n) is 4.29. The van der Waals surface area contributed by atoms with E-state index in [1.165, 1.54) is 19.4 Å². The number of carbonyl (C=O) groups is 1. The number of hydrogen-bond donors (Lipinski definition) is 1. The molecule has 1 N–H and O–H groups in total. The Balaban J connectivity index is 0.00000147. The molecule has 2 heterocycles. The van der Waals surface area contributed by atoms with Gasteiger partial charge in [0.2, 0.25) is 0 Å². The maximum Gasteiger partial charge on any atom is 0.251 e. The fourth-order valence-electron chi connectivity index (χ4n) is 3.22. The first-order valence-electron chi connectivity index (χ1n) is 7.01. The number of nitrogens with zero attached hydrogens (tertiary/aromatic N) is 1. The second-order valence-electron chi connectivity index (χ2n) is 5.58. The number of carbonyl (C=O) groups excluding carboxylic acids is 1. The van der Waals surface area contributed by atoms with Gasteiger partial charge in [-0.15, -0.1) is 0 Å². The van der Waals surface area contributed by atoms with E-state index in [-0.39, 0.29) is 13.3 Å². The molecule has 1 aromatic carbocycles. The third kappa shape index (κ3) is 3.33. The number of halogens is 1. The number of rotatable bonds is 2. The van der Waals surface area contributed by atoms with Crippen molar-refractivity contribution in [1.29, 1.82) is 0 Å². The lowest BCUT2D eigenvalue weighted by atomic mass is 9.85. The summed E-state index contributed by atoms with van der Waals surface area (Å²) in [5.41, 5.74) is 0.697. The van der Waals surface area contributed by atoms with Gasteiger partial charge in [0, 0.05) is 29.7 Å². The SMILES string of the molecule is C.O=C(N[C@H]1CCN2CCCC1C2)c1ccc(Cl)cc1. The van der Waals surface area contributed by atoms with Crippen LogP contribution in [0.4, 0.5) is 0 Å². The van der Waals surface area contributed by atoms with Crippen LogP contribution in [-0.2, 0) is 0 Å². The minimum Gasteiger partial charge on any atom is -0.349 e. The van der Waals surface area contributed by atoms with Crippen LogP contribution < -0.4 is 5.32 Å². The molecule has 0 spiro atoms. The first-order chi connectivity index (χ1) is 9.22. The Morgan fingerprint density at radius 3 is 2.70 bits per heavy atom. The van der Waals surface area contributed by atoms with Gasteiger partial charge in [-0.2, -0.15) is 0 Å². The van der Waals surface area contributed by atoms with E-state index in [1.807, 2.05) is 0 Å². The Kier molecular flexibility index (Phi) is 5.06. The highest BCUT2D eigenvalue weighted by Gasteiger charge is 2.32. The molecule has 2 aliphatic heterocycles. The molecular weight excluding hydrogens is 272 g/mol. The maximum absolute atomic E-state index is 12.2. The molecule has 2 aliphatic rings.